The van der Waals surface area contributed by atoms with Crippen molar-refractivity contribution in [3.63, 3.8) is 0 Å². The highest BCUT2D eigenvalue weighted by Gasteiger charge is 2.25. The van der Waals surface area contributed by atoms with Gasteiger partial charge >= 0.3 is 12.1 Å². The molecule has 0 aromatic carbocycles. The van der Waals surface area contributed by atoms with E-state index < -0.39 is 5.97 Å². The van der Waals surface area contributed by atoms with E-state index in [9.17, 15) is 9.59 Å². The molecule has 0 bridgehead atoms. The quantitative estimate of drug-likeness (QED) is 0.539. The zero-order chi connectivity index (χ0) is 23.8. The number of carbonyl (C=O) groups excluding carboxylic acids is 1. The lowest BCUT2D eigenvalue weighted by Gasteiger charge is -2.31. The van der Waals surface area contributed by atoms with Crippen molar-refractivity contribution < 1.29 is 28.9 Å². The van der Waals surface area contributed by atoms with E-state index in [0.29, 0.717) is 49.1 Å². The molecule has 1 amide bonds. The van der Waals surface area contributed by atoms with E-state index in [-0.39, 0.29) is 31.5 Å². The Balaban J connectivity index is 1.46. The molecule has 11 heteroatoms. The minimum atomic E-state index is -0.924. The van der Waals surface area contributed by atoms with Gasteiger partial charge in [-0.1, -0.05) is 0 Å². The van der Waals surface area contributed by atoms with Crippen molar-refractivity contribution in [2.24, 2.45) is 0 Å². The maximum Gasteiger partial charge on any atom is 0.410 e. The molecule has 1 aliphatic rings. The SMILES string of the molecule is Cc1nc(CC(=O)O)ccc1NCOc1cc(OC2CCN(C(=O)OC(C)C)CC2)ncn1. The zero-order valence-electron chi connectivity index (χ0n) is 19.0. The largest absolute Gasteiger partial charge is 0.481 e. The summed E-state index contributed by atoms with van der Waals surface area (Å²) in [7, 11) is 0. The third-order valence-corrected chi connectivity index (χ3v) is 4.90. The van der Waals surface area contributed by atoms with Crippen LogP contribution in [-0.4, -0.2) is 69.0 Å². The number of anilines is 1. The van der Waals surface area contributed by atoms with Crippen LogP contribution in [0.25, 0.3) is 0 Å². The van der Waals surface area contributed by atoms with Crippen LogP contribution >= 0.6 is 0 Å². The van der Waals surface area contributed by atoms with Crippen LogP contribution in [0.1, 0.15) is 38.1 Å². The zero-order valence-corrected chi connectivity index (χ0v) is 19.0. The fourth-order valence-electron chi connectivity index (χ4n) is 3.31. The van der Waals surface area contributed by atoms with E-state index in [0.717, 1.165) is 5.69 Å². The van der Waals surface area contributed by atoms with Gasteiger partial charge in [-0.2, -0.15) is 0 Å². The number of nitrogens with zero attached hydrogens (tertiary/aromatic N) is 4. The summed E-state index contributed by atoms with van der Waals surface area (Å²) in [5, 5.41) is 12.0. The summed E-state index contributed by atoms with van der Waals surface area (Å²) in [4.78, 5) is 37.0. The molecule has 0 aliphatic carbocycles. The Morgan fingerprint density at radius 1 is 1.21 bits per heavy atom. The molecule has 0 radical (unpaired) electrons. The van der Waals surface area contributed by atoms with Crippen LogP contribution in [0.3, 0.4) is 0 Å². The normalized spacial score (nSPS) is 14.1. The second kappa shape index (κ2) is 11.3. The molecular weight excluding hydrogens is 430 g/mol. The second-order valence-corrected chi connectivity index (χ2v) is 7.90. The molecule has 0 saturated carbocycles. The smallest absolute Gasteiger partial charge is 0.410 e. The summed E-state index contributed by atoms with van der Waals surface area (Å²) < 4.78 is 16.8. The number of ether oxygens (including phenoxy) is 3. The third-order valence-electron chi connectivity index (χ3n) is 4.90. The number of carboxylic acids is 1. The number of aryl methyl sites for hydroxylation is 1. The Bertz CT molecular complexity index is 962. The molecule has 33 heavy (non-hydrogen) atoms. The molecule has 0 spiro atoms. The summed E-state index contributed by atoms with van der Waals surface area (Å²) in [6.07, 6.45) is 2.10. The van der Waals surface area contributed by atoms with Gasteiger partial charge in [0, 0.05) is 25.9 Å². The van der Waals surface area contributed by atoms with Crippen LogP contribution in [-0.2, 0) is 16.0 Å². The van der Waals surface area contributed by atoms with Gasteiger partial charge in [-0.25, -0.2) is 14.8 Å². The van der Waals surface area contributed by atoms with E-state index in [1.54, 1.807) is 30.0 Å². The summed E-state index contributed by atoms with van der Waals surface area (Å²) in [5.74, 6) is -0.176. The van der Waals surface area contributed by atoms with Gasteiger partial charge in [0.1, 0.15) is 12.4 Å². The molecule has 0 atom stereocenters. The lowest BCUT2D eigenvalue weighted by molar-refractivity contribution is -0.136. The van der Waals surface area contributed by atoms with Crippen LogP contribution < -0.4 is 14.8 Å². The maximum atomic E-state index is 12.0. The Morgan fingerprint density at radius 3 is 2.61 bits per heavy atom. The third kappa shape index (κ3) is 7.48. The number of rotatable bonds is 9. The lowest BCUT2D eigenvalue weighted by atomic mass is 10.1. The van der Waals surface area contributed by atoms with Gasteiger partial charge in [-0.15, -0.1) is 0 Å². The molecular formula is C22H29N5O6. The number of nitrogens with one attached hydrogen (secondary N) is 1. The number of carbonyl (C=O) groups is 2. The Morgan fingerprint density at radius 2 is 1.94 bits per heavy atom. The minimum absolute atomic E-state index is 0.0629. The highest BCUT2D eigenvalue weighted by atomic mass is 16.6. The molecule has 2 aromatic heterocycles. The number of aromatic nitrogens is 3. The first kappa shape index (κ1) is 24.0. The van der Waals surface area contributed by atoms with Gasteiger partial charge in [0.05, 0.1) is 35.7 Å². The number of likely N-dealkylation sites (tertiary alicyclic amines) is 1. The predicted molar refractivity (Wildman–Crippen MR) is 118 cm³/mol. The molecule has 2 aromatic rings. The molecule has 1 aliphatic heterocycles. The van der Waals surface area contributed by atoms with E-state index in [1.807, 2.05) is 13.8 Å². The Hall–Kier alpha value is -3.63. The van der Waals surface area contributed by atoms with Crippen LogP contribution in [0.5, 0.6) is 11.8 Å². The van der Waals surface area contributed by atoms with Gasteiger partial charge in [0.2, 0.25) is 11.8 Å². The van der Waals surface area contributed by atoms with Crippen LogP contribution in [0.2, 0.25) is 0 Å². The standard InChI is InChI=1S/C22H29N5O6/c1-14(2)32-22(30)27-8-6-17(7-9-27)33-20-11-19(23-12-24-20)31-13-25-18-5-4-16(10-21(28)29)26-15(18)3/h4-5,11-12,14,17,25H,6-10,13H2,1-3H3,(H,28,29). The lowest BCUT2D eigenvalue weighted by Crippen LogP contribution is -2.42. The number of piperidine rings is 1. The van der Waals surface area contributed by atoms with Crippen LogP contribution in [0.4, 0.5) is 10.5 Å². The van der Waals surface area contributed by atoms with Crippen molar-refractivity contribution in [2.45, 2.75) is 52.2 Å². The monoisotopic (exact) mass is 459 g/mol. The van der Waals surface area contributed by atoms with Gasteiger partial charge in [-0.05, 0) is 32.9 Å². The summed E-state index contributed by atoms with van der Waals surface area (Å²) in [6, 6.07) is 5.04. The van der Waals surface area contributed by atoms with E-state index >= 15 is 0 Å². The molecule has 1 saturated heterocycles. The van der Waals surface area contributed by atoms with Gasteiger partial charge < -0.3 is 29.5 Å². The number of hydrogen-bond acceptors (Lipinski definition) is 9. The highest BCUT2D eigenvalue weighted by molar-refractivity contribution is 5.69. The van der Waals surface area contributed by atoms with Crippen LogP contribution in [0.15, 0.2) is 24.5 Å². The fourth-order valence-corrected chi connectivity index (χ4v) is 3.31. The highest BCUT2D eigenvalue weighted by Crippen LogP contribution is 2.20. The van der Waals surface area contributed by atoms with Gasteiger partial charge in [0.25, 0.3) is 0 Å². The molecule has 2 N–H and O–H groups in total. The summed E-state index contributed by atoms with van der Waals surface area (Å²) in [5.41, 5.74) is 1.90. The number of amides is 1. The van der Waals surface area contributed by atoms with Crippen molar-refractivity contribution >= 4 is 17.7 Å². The van der Waals surface area contributed by atoms with Crippen molar-refractivity contribution in [1.29, 1.82) is 0 Å². The summed E-state index contributed by atoms with van der Waals surface area (Å²) in [6.45, 7) is 6.70. The molecule has 3 rings (SSSR count). The number of hydrogen-bond donors (Lipinski definition) is 2. The minimum Gasteiger partial charge on any atom is -0.481 e. The van der Waals surface area contributed by atoms with E-state index in [1.165, 1.54) is 6.33 Å². The average molecular weight is 460 g/mol. The van der Waals surface area contributed by atoms with Crippen LogP contribution in [0, 0.1) is 6.92 Å². The first-order chi connectivity index (χ1) is 15.8. The number of pyridine rings is 1. The second-order valence-electron chi connectivity index (χ2n) is 7.90. The van der Waals surface area contributed by atoms with Gasteiger partial charge in [0.15, 0.2) is 6.73 Å². The molecule has 11 nitrogen and oxygen atoms in total. The van der Waals surface area contributed by atoms with E-state index in [2.05, 4.69) is 20.3 Å². The van der Waals surface area contributed by atoms with E-state index in [4.69, 9.17) is 19.3 Å². The molecule has 3 heterocycles. The molecule has 0 unspecified atom stereocenters. The predicted octanol–water partition coefficient (Wildman–Crippen LogP) is 2.64. The van der Waals surface area contributed by atoms with Crippen molar-refractivity contribution in [3.05, 3.63) is 35.9 Å². The topological polar surface area (TPSA) is 136 Å². The van der Waals surface area contributed by atoms with Crippen molar-refractivity contribution in [1.82, 2.24) is 19.9 Å². The van der Waals surface area contributed by atoms with Crippen molar-refractivity contribution in [3.8, 4) is 11.8 Å². The van der Waals surface area contributed by atoms with Crippen molar-refractivity contribution in [2.75, 3.05) is 25.1 Å². The first-order valence-corrected chi connectivity index (χ1v) is 10.8. The summed E-state index contributed by atoms with van der Waals surface area (Å²) >= 11 is 0. The molecule has 178 valence electrons. The Kier molecular flexibility index (Phi) is 8.22. The number of aliphatic carboxylic acids is 1. The Labute approximate surface area is 192 Å². The average Bonchev–Trinajstić information content (AvgIpc) is 2.75. The molecule has 1 fully saturated rings. The maximum absolute atomic E-state index is 12.0. The number of carboxylic acid groups (broad SMARTS) is 1. The van der Waals surface area contributed by atoms with Gasteiger partial charge in [-0.3, -0.25) is 9.78 Å². The first-order valence-electron chi connectivity index (χ1n) is 10.8. The fraction of sp³-hybridized carbons (Fsp3) is 0.500.